The topological polar surface area (TPSA) is 80.5 Å². The summed E-state index contributed by atoms with van der Waals surface area (Å²) in [6, 6.07) is 2.21. The Kier molecular flexibility index (Phi) is 2.65. The van der Waals surface area contributed by atoms with Crippen LogP contribution in [0.3, 0.4) is 0 Å². The van der Waals surface area contributed by atoms with E-state index in [1.54, 1.807) is 0 Å². The molecule has 5 rings (SSSR count). The second-order valence-electron chi connectivity index (χ2n) is 7.10. The number of rotatable bonds is 3. The van der Waals surface area contributed by atoms with Crippen molar-refractivity contribution >= 4 is 0 Å². The van der Waals surface area contributed by atoms with Crippen LogP contribution < -0.4 is 5.73 Å². The van der Waals surface area contributed by atoms with E-state index in [0.717, 1.165) is 23.4 Å². The Morgan fingerprint density at radius 1 is 1.20 bits per heavy atom. The summed E-state index contributed by atoms with van der Waals surface area (Å²) in [6.45, 7) is 0.729. The lowest BCUT2D eigenvalue weighted by molar-refractivity contribution is -0.00949. The highest BCUT2D eigenvalue weighted by Gasteiger charge is 2.53. The van der Waals surface area contributed by atoms with E-state index in [9.17, 15) is 0 Å². The quantitative estimate of drug-likeness (QED) is 0.907. The molecule has 1 heterocycles. The molecule has 5 heteroatoms. The van der Waals surface area contributed by atoms with Crippen LogP contribution in [0.1, 0.15) is 49.9 Å². The molecule has 0 amide bonds. The van der Waals surface area contributed by atoms with Gasteiger partial charge in [0.25, 0.3) is 0 Å². The lowest BCUT2D eigenvalue weighted by Gasteiger charge is -2.56. The van der Waals surface area contributed by atoms with Gasteiger partial charge in [0.2, 0.25) is 0 Å². The van der Waals surface area contributed by atoms with Gasteiger partial charge in [-0.3, -0.25) is 0 Å². The van der Waals surface area contributed by atoms with Gasteiger partial charge < -0.3 is 5.73 Å². The summed E-state index contributed by atoms with van der Waals surface area (Å²) in [6.07, 6.45) is 8.01. The van der Waals surface area contributed by atoms with Crippen LogP contribution in [0.15, 0.2) is 0 Å². The fourth-order valence-corrected chi connectivity index (χ4v) is 5.64. The monoisotopic (exact) mass is 271 g/mol. The van der Waals surface area contributed by atoms with Gasteiger partial charge in [-0.25, -0.2) is 4.68 Å². The minimum Gasteiger partial charge on any atom is -0.325 e. The number of nitriles is 1. The van der Waals surface area contributed by atoms with Gasteiger partial charge in [0, 0.05) is 12.0 Å². The zero-order chi connectivity index (χ0) is 13.7. The van der Waals surface area contributed by atoms with Crippen molar-refractivity contribution in [3.63, 3.8) is 0 Å². The van der Waals surface area contributed by atoms with Gasteiger partial charge in [0.1, 0.15) is 12.2 Å². The van der Waals surface area contributed by atoms with Crippen molar-refractivity contribution in [1.82, 2.24) is 15.0 Å². The third kappa shape index (κ3) is 1.64. The van der Waals surface area contributed by atoms with E-state index >= 15 is 0 Å². The van der Waals surface area contributed by atoms with Crippen molar-refractivity contribution in [2.45, 2.75) is 57.0 Å². The van der Waals surface area contributed by atoms with E-state index in [1.807, 2.05) is 4.68 Å². The predicted octanol–water partition coefficient (Wildman–Crippen LogP) is 1.73. The second kappa shape index (κ2) is 4.29. The first-order valence-electron chi connectivity index (χ1n) is 7.74. The third-order valence-electron chi connectivity index (χ3n) is 5.76. The van der Waals surface area contributed by atoms with Gasteiger partial charge in [-0.2, -0.15) is 5.26 Å². The molecule has 0 atom stereocenters. The van der Waals surface area contributed by atoms with Crippen LogP contribution in [0.4, 0.5) is 0 Å². The molecule has 0 spiro atoms. The molecule has 2 N–H and O–H groups in total. The van der Waals surface area contributed by atoms with Gasteiger partial charge in [-0.05, 0) is 56.3 Å². The molecular formula is C15H21N5. The average molecular weight is 271 g/mol. The van der Waals surface area contributed by atoms with Crippen LogP contribution in [0, 0.1) is 29.1 Å². The van der Waals surface area contributed by atoms with Gasteiger partial charge in [-0.15, -0.1) is 5.10 Å². The molecule has 1 aromatic rings. The SMILES string of the molecule is N#CCn1nnc(CN)c1C12CC3CC(CC(C3)C1)C2. The number of aromatic nitrogens is 3. The predicted molar refractivity (Wildman–Crippen MR) is 73.4 cm³/mol. The molecule has 4 saturated carbocycles. The summed E-state index contributed by atoms with van der Waals surface area (Å²) in [4.78, 5) is 0. The Morgan fingerprint density at radius 3 is 2.30 bits per heavy atom. The van der Waals surface area contributed by atoms with Crippen molar-refractivity contribution < 1.29 is 0 Å². The highest BCUT2D eigenvalue weighted by molar-refractivity contribution is 5.27. The molecule has 4 bridgehead atoms. The summed E-state index contributed by atoms with van der Waals surface area (Å²) in [5.74, 6) is 2.62. The van der Waals surface area contributed by atoms with Gasteiger partial charge in [-0.1, -0.05) is 5.21 Å². The van der Waals surface area contributed by atoms with Crippen LogP contribution in [-0.4, -0.2) is 15.0 Å². The van der Waals surface area contributed by atoms with E-state index in [1.165, 1.54) is 44.2 Å². The maximum atomic E-state index is 9.04. The highest BCUT2D eigenvalue weighted by Crippen LogP contribution is 2.60. The first-order chi connectivity index (χ1) is 9.74. The van der Waals surface area contributed by atoms with Gasteiger partial charge in [0.15, 0.2) is 0 Å². The molecule has 4 fully saturated rings. The highest BCUT2D eigenvalue weighted by atomic mass is 15.4. The Morgan fingerprint density at radius 2 is 1.80 bits per heavy atom. The van der Waals surface area contributed by atoms with Crippen LogP contribution in [-0.2, 0) is 18.5 Å². The fraction of sp³-hybridized carbons (Fsp3) is 0.800. The molecule has 0 radical (unpaired) electrons. The number of hydrogen-bond acceptors (Lipinski definition) is 4. The molecule has 1 aromatic heterocycles. The fourth-order valence-electron chi connectivity index (χ4n) is 5.64. The molecule has 0 unspecified atom stereocenters. The minimum atomic E-state index is 0.212. The normalized spacial score (nSPS) is 38.1. The van der Waals surface area contributed by atoms with Crippen LogP contribution in [0.25, 0.3) is 0 Å². The molecule has 5 nitrogen and oxygen atoms in total. The third-order valence-corrected chi connectivity index (χ3v) is 5.76. The van der Waals surface area contributed by atoms with Crippen molar-refractivity contribution in [2.75, 3.05) is 0 Å². The minimum absolute atomic E-state index is 0.212. The number of hydrogen-bond donors (Lipinski definition) is 1. The molecule has 0 aliphatic heterocycles. The molecule has 0 saturated heterocycles. The average Bonchev–Trinajstić information content (AvgIpc) is 2.81. The molecule has 4 aliphatic rings. The van der Waals surface area contributed by atoms with Gasteiger partial charge in [0.05, 0.1) is 11.8 Å². The van der Waals surface area contributed by atoms with Crippen molar-refractivity contribution in [3.05, 3.63) is 11.4 Å². The zero-order valence-corrected chi connectivity index (χ0v) is 11.8. The van der Waals surface area contributed by atoms with Crippen LogP contribution in [0.5, 0.6) is 0 Å². The molecule has 106 valence electrons. The van der Waals surface area contributed by atoms with E-state index in [4.69, 9.17) is 11.0 Å². The summed E-state index contributed by atoms with van der Waals surface area (Å²) in [7, 11) is 0. The van der Waals surface area contributed by atoms with Crippen LogP contribution >= 0.6 is 0 Å². The smallest absolute Gasteiger partial charge is 0.130 e. The Hall–Kier alpha value is -1.41. The largest absolute Gasteiger partial charge is 0.325 e. The summed E-state index contributed by atoms with van der Waals surface area (Å²) < 4.78 is 1.83. The summed E-state index contributed by atoms with van der Waals surface area (Å²) in [5.41, 5.74) is 8.21. The molecule has 20 heavy (non-hydrogen) atoms. The zero-order valence-electron chi connectivity index (χ0n) is 11.8. The Bertz CT molecular complexity index is 532. The number of nitrogens with zero attached hydrogens (tertiary/aromatic N) is 4. The van der Waals surface area contributed by atoms with Crippen LogP contribution in [0.2, 0.25) is 0 Å². The molecular weight excluding hydrogens is 250 g/mol. The standard InChI is InChI=1S/C15H21N5/c16-1-2-20-14(13(9-17)18-19-20)15-6-10-3-11(7-15)5-12(4-10)8-15/h10-12H,2-9,17H2. The van der Waals surface area contributed by atoms with Crippen molar-refractivity contribution in [1.29, 1.82) is 5.26 Å². The Labute approximate surface area is 119 Å². The van der Waals surface area contributed by atoms with Crippen molar-refractivity contribution in [2.24, 2.45) is 23.5 Å². The van der Waals surface area contributed by atoms with E-state index in [2.05, 4.69) is 16.4 Å². The van der Waals surface area contributed by atoms with Gasteiger partial charge >= 0.3 is 0 Å². The van der Waals surface area contributed by atoms with E-state index in [-0.39, 0.29) is 5.41 Å². The van der Waals surface area contributed by atoms with E-state index in [0.29, 0.717) is 13.1 Å². The van der Waals surface area contributed by atoms with E-state index < -0.39 is 0 Å². The Balaban J connectivity index is 1.80. The first-order valence-corrected chi connectivity index (χ1v) is 7.74. The lowest BCUT2D eigenvalue weighted by Crippen LogP contribution is -2.50. The molecule has 4 aliphatic carbocycles. The summed E-state index contributed by atoms with van der Waals surface area (Å²) >= 11 is 0. The summed E-state index contributed by atoms with van der Waals surface area (Å²) in [5, 5.41) is 17.5. The first kappa shape index (κ1) is 12.3. The maximum Gasteiger partial charge on any atom is 0.130 e. The second-order valence-corrected chi connectivity index (χ2v) is 7.10. The lowest BCUT2D eigenvalue weighted by atomic mass is 9.48. The number of nitrogens with two attached hydrogens (primary N) is 1. The molecule has 0 aromatic carbocycles. The maximum absolute atomic E-state index is 9.04. The van der Waals surface area contributed by atoms with Crippen molar-refractivity contribution in [3.8, 4) is 6.07 Å².